The van der Waals surface area contributed by atoms with Crippen LogP contribution in [0.15, 0.2) is 91.0 Å². The van der Waals surface area contributed by atoms with Crippen LogP contribution in [0.25, 0.3) is 17.1 Å². The van der Waals surface area contributed by atoms with Gasteiger partial charge in [-0.05, 0) is 29.3 Å². The Morgan fingerprint density at radius 3 is 2.38 bits per heavy atom. The summed E-state index contributed by atoms with van der Waals surface area (Å²) in [5, 5.41) is 2.91. The van der Waals surface area contributed by atoms with Gasteiger partial charge >= 0.3 is 0 Å². The van der Waals surface area contributed by atoms with E-state index >= 15 is 0 Å². The number of amides is 2. The van der Waals surface area contributed by atoms with Crippen LogP contribution < -0.4 is 5.32 Å². The fourth-order valence-electron chi connectivity index (χ4n) is 3.79. The van der Waals surface area contributed by atoms with Crippen LogP contribution >= 0.6 is 0 Å². The van der Waals surface area contributed by atoms with Crippen molar-refractivity contribution in [1.29, 1.82) is 0 Å². The van der Waals surface area contributed by atoms with E-state index in [-0.39, 0.29) is 18.4 Å². The molecule has 6 heteroatoms. The molecular formula is C28H28N4O2. The number of rotatable bonds is 9. The third-order valence-corrected chi connectivity index (χ3v) is 5.59. The first-order valence-electron chi connectivity index (χ1n) is 11.3. The Morgan fingerprint density at radius 2 is 1.62 bits per heavy atom. The van der Waals surface area contributed by atoms with E-state index in [2.05, 4.69) is 5.32 Å². The number of benzene rings is 3. The maximum Gasteiger partial charge on any atom is 0.244 e. The third-order valence-electron chi connectivity index (χ3n) is 5.59. The maximum absolute atomic E-state index is 13.0. The summed E-state index contributed by atoms with van der Waals surface area (Å²) in [5.41, 5.74) is 3.80. The predicted octanol–water partition coefficient (Wildman–Crippen LogP) is 4.07. The van der Waals surface area contributed by atoms with Crippen LogP contribution in [0.4, 0.5) is 0 Å². The van der Waals surface area contributed by atoms with E-state index in [1.807, 2.05) is 96.5 Å². The van der Waals surface area contributed by atoms with Crippen LogP contribution in [0.2, 0.25) is 0 Å². The Balaban J connectivity index is 1.41. The lowest BCUT2D eigenvalue weighted by Gasteiger charge is -2.19. The fraction of sp³-hybridized carbons (Fsp3) is 0.179. The minimum Gasteiger partial charge on any atom is -0.352 e. The summed E-state index contributed by atoms with van der Waals surface area (Å²) < 4.78 is 1.95. The number of likely N-dealkylation sites (N-methyl/N-ethyl adjacent to an activating group) is 1. The van der Waals surface area contributed by atoms with E-state index in [0.717, 1.165) is 28.0 Å². The van der Waals surface area contributed by atoms with Gasteiger partial charge in [-0.25, -0.2) is 4.98 Å². The molecule has 172 valence electrons. The summed E-state index contributed by atoms with van der Waals surface area (Å²) in [5.74, 6) is 0.614. The van der Waals surface area contributed by atoms with Gasteiger partial charge in [-0.15, -0.1) is 0 Å². The van der Waals surface area contributed by atoms with Gasteiger partial charge in [0, 0.05) is 32.6 Å². The van der Waals surface area contributed by atoms with Crippen molar-refractivity contribution >= 4 is 28.9 Å². The molecule has 0 aliphatic heterocycles. The molecule has 0 aliphatic rings. The minimum atomic E-state index is -0.162. The summed E-state index contributed by atoms with van der Waals surface area (Å²) >= 11 is 0. The summed E-state index contributed by atoms with van der Waals surface area (Å²) in [6, 6.07) is 27.4. The summed E-state index contributed by atoms with van der Waals surface area (Å²) in [4.78, 5) is 31.7. The molecule has 0 saturated heterocycles. The smallest absolute Gasteiger partial charge is 0.244 e. The third kappa shape index (κ3) is 5.98. The molecular weight excluding hydrogens is 424 g/mol. The molecule has 0 unspecified atom stereocenters. The van der Waals surface area contributed by atoms with Gasteiger partial charge in [-0.2, -0.15) is 0 Å². The topological polar surface area (TPSA) is 67.2 Å². The molecule has 0 radical (unpaired) electrons. The molecule has 4 rings (SSSR count). The number of para-hydroxylation sites is 2. The first-order chi connectivity index (χ1) is 16.6. The van der Waals surface area contributed by atoms with Crippen molar-refractivity contribution in [3.05, 3.63) is 108 Å². The van der Waals surface area contributed by atoms with Crippen molar-refractivity contribution in [2.45, 2.75) is 19.5 Å². The number of fused-ring (bicyclic) bond motifs is 1. The first-order valence-corrected chi connectivity index (χ1v) is 11.3. The highest BCUT2D eigenvalue weighted by atomic mass is 16.2. The van der Waals surface area contributed by atoms with E-state index in [1.165, 1.54) is 6.08 Å². The molecule has 0 fully saturated rings. The van der Waals surface area contributed by atoms with Gasteiger partial charge in [0.2, 0.25) is 11.8 Å². The number of nitrogens with one attached hydrogen (secondary N) is 1. The van der Waals surface area contributed by atoms with Crippen LogP contribution in [-0.4, -0.2) is 39.9 Å². The molecule has 0 spiro atoms. The second-order valence-corrected chi connectivity index (χ2v) is 8.12. The zero-order chi connectivity index (χ0) is 23.8. The minimum absolute atomic E-state index is 0.00286. The van der Waals surface area contributed by atoms with Gasteiger partial charge in [-0.1, -0.05) is 72.8 Å². The van der Waals surface area contributed by atoms with E-state index < -0.39 is 0 Å². The summed E-state index contributed by atoms with van der Waals surface area (Å²) in [6.45, 7) is 1.17. The van der Waals surface area contributed by atoms with E-state index in [9.17, 15) is 9.59 Å². The normalized spacial score (nSPS) is 11.1. The van der Waals surface area contributed by atoms with Gasteiger partial charge in [0.1, 0.15) is 12.4 Å². The highest BCUT2D eigenvalue weighted by Crippen LogP contribution is 2.17. The maximum atomic E-state index is 13.0. The summed E-state index contributed by atoms with van der Waals surface area (Å²) in [7, 11) is 1.81. The molecule has 1 heterocycles. The van der Waals surface area contributed by atoms with Gasteiger partial charge in [0.05, 0.1) is 11.0 Å². The van der Waals surface area contributed by atoms with Gasteiger partial charge in [0.15, 0.2) is 0 Å². The number of aromatic nitrogens is 2. The first kappa shape index (κ1) is 23.0. The van der Waals surface area contributed by atoms with Crippen LogP contribution in [0.1, 0.15) is 17.0 Å². The highest BCUT2D eigenvalue weighted by molar-refractivity contribution is 5.91. The number of hydrogen-bond donors (Lipinski definition) is 1. The van der Waals surface area contributed by atoms with E-state index in [4.69, 9.17) is 4.98 Å². The van der Waals surface area contributed by atoms with Crippen molar-refractivity contribution in [3.8, 4) is 0 Å². The Morgan fingerprint density at radius 1 is 0.941 bits per heavy atom. The molecule has 4 aromatic rings. The fourth-order valence-corrected chi connectivity index (χ4v) is 3.79. The zero-order valence-electron chi connectivity index (χ0n) is 19.2. The molecule has 1 N–H and O–H groups in total. The average Bonchev–Trinajstić information content (AvgIpc) is 3.21. The number of nitrogens with zero attached hydrogens (tertiary/aromatic N) is 3. The van der Waals surface area contributed by atoms with Crippen molar-refractivity contribution < 1.29 is 9.59 Å². The number of carbonyl (C=O) groups excluding carboxylic acids is 2. The van der Waals surface area contributed by atoms with Crippen molar-refractivity contribution in [2.24, 2.45) is 0 Å². The Bertz CT molecular complexity index is 1280. The second-order valence-electron chi connectivity index (χ2n) is 8.12. The Labute approximate surface area is 199 Å². The van der Waals surface area contributed by atoms with E-state index in [0.29, 0.717) is 19.5 Å². The van der Waals surface area contributed by atoms with Crippen LogP contribution in [0, 0.1) is 0 Å². The van der Waals surface area contributed by atoms with Crippen molar-refractivity contribution in [2.75, 3.05) is 13.6 Å². The largest absolute Gasteiger partial charge is 0.352 e. The van der Waals surface area contributed by atoms with Gasteiger partial charge < -0.3 is 14.8 Å². The zero-order valence-corrected chi connectivity index (χ0v) is 19.2. The Hall–Kier alpha value is -4.19. The highest BCUT2D eigenvalue weighted by Gasteiger charge is 2.16. The molecule has 34 heavy (non-hydrogen) atoms. The number of imidazole rings is 1. The lowest BCUT2D eigenvalue weighted by molar-refractivity contribution is -0.131. The SMILES string of the molecule is CN(Cc1ccccc1)C(=O)Cn1c(CCNC(=O)/C=C/c2ccccc2)nc2ccccc21. The molecule has 0 atom stereocenters. The number of carbonyl (C=O) groups is 2. The van der Waals surface area contributed by atoms with Crippen molar-refractivity contribution in [1.82, 2.24) is 19.8 Å². The molecule has 2 amide bonds. The molecule has 0 saturated carbocycles. The molecule has 0 bridgehead atoms. The van der Waals surface area contributed by atoms with E-state index in [1.54, 1.807) is 11.0 Å². The molecule has 3 aromatic carbocycles. The van der Waals surface area contributed by atoms with Gasteiger partial charge in [-0.3, -0.25) is 9.59 Å². The number of hydrogen-bond acceptors (Lipinski definition) is 3. The Kier molecular flexibility index (Phi) is 7.50. The van der Waals surface area contributed by atoms with Crippen LogP contribution in [-0.2, 0) is 29.1 Å². The average molecular weight is 453 g/mol. The second kappa shape index (κ2) is 11.1. The lowest BCUT2D eigenvalue weighted by Crippen LogP contribution is -2.31. The molecule has 1 aromatic heterocycles. The lowest BCUT2D eigenvalue weighted by atomic mass is 10.2. The quantitative estimate of drug-likeness (QED) is 0.390. The van der Waals surface area contributed by atoms with Crippen molar-refractivity contribution in [3.63, 3.8) is 0 Å². The van der Waals surface area contributed by atoms with Crippen LogP contribution in [0.5, 0.6) is 0 Å². The van der Waals surface area contributed by atoms with Crippen LogP contribution in [0.3, 0.4) is 0 Å². The molecule has 0 aliphatic carbocycles. The molecule has 6 nitrogen and oxygen atoms in total. The summed E-state index contributed by atoms with van der Waals surface area (Å²) in [6.07, 6.45) is 3.83. The predicted molar refractivity (Wildman–Crippen MR) is 135 cm³/mol. The monoisotopic (exact) mass is 452 g/mol. The standard InChI is InChI=1S/C28H28N4O2/c1-31(20-23-12-6-3-7-13-23)28(34)21-32-25-15-9-8-14-24(25)30-26(32)18-19-29-27(33)17-16-22-10-4-2-5-11-22/h2-17H,18-21H2,1H3,(H,29,33)/b17-16+. The van der Waals surface area contributed by atoms with Gasteiger partial charge in [0.25, 0.3) is 0 Å².